The van der Waals surface area contributed by atoms with Gasteiger partial charge in [0.1, 0.15) is 0 Å². The molecule has 24 heavy (non-hydrogen) atoms. The summed E-state index contributed by atoms with van der Waals surface area (Å²) in [4.78, 5) is 30.4. The Labute approximate surface area is 144 Å². The van der Waals surface area contributed by atoms with Crippen LogP contribution in [0.15, 0.2) is 28.2 Å². The van der Waals surface area contributed by atoms with Crippen LogP contribution < -0.4 is 10.6 Å². The molecule has 0 radical (unpaired) electrons. The average molecular weight is 348 g/mol. The monoisotopic (exact) mass is 348 g/mol. The van der Waals surface area contributed by atoms with Gasteiger partial charge in [0.2, 0.25) is 5.91 Å². The minimum absolute atomic E-state index is 0.124. The molecule has 2 amide bonds. The molecule has 1 aliphatic rings. The minimum atomic E-state index is -0.417. The molecule has 0 aliphatic carbocycles. The highest BCUT2D eigenvalue weighted by Crippen LogP contribution is 2.18. The lowest BCUT2D eigenvalue weighted by Crippen LogP contribution is -2.32. The molecule has 0 saturated carbocycles. The van der Waals surface area contributed by atoms with E-state index in [1.165, 1.54) is 36.9 Å². The van der Waals surface area contributed by atoms with E-state index in [0.717, 1.165) is 25.3 Å². The summed E-state index contributed by atoms with van der Waals surface area (Å²) in [5.41, 5.74) is 0.969. The zero-order valence-electron chi connectivity index (χ0n) is 13.3. The molecule has 3 rings (SSSR count). The first-order valence-electron chi connectivity index (χ1n) is 7.99. The van der Waals surface area contributed by atoms with Gasteiger partial charge >= 0.3 is 0 Å². The maximum absolute atomic E-state index is 11.9. The first-order valence-corrected chi connectivity index (χ1v) is 8.87. The standard InChI is InChI=1S/C16H20N4O3S/c21-14(9-17-15(22)13-5-4-8-23-13)19-16-18-12(11-24-16)10-20-6-2-1-3-7-20/h4-5,8,11H,1-3,6-7,9-10H2,(H,17,22)(H,18,19,21). The number of nitrogens with zero attached hydrogens (tertiary/aromatic N) is 2. The number of likely N-dealkylation sites (tertiary alicyclic amines) is 1. The normalized spacial score (nSPS) is 15.2. The molecule has 3 heterocycles. The number of furan rings is 1. The Balaban J connectivity index is 1.43. The van der Waals surface area contributed by atoms with E-state index in [1.54, 1.807) is 12.1 Å². The molecule has 0 atom stereocenters. The molecule has 1 fully saturated rings. The number of piperidine rings is 1. The Bertz CT molecular complexity index is 677. The number of hydrogen-bond acceptors (Lipinski definition) is 6. The van der Waals surface area contributed by atoms with E-state index in [-0.39, 0.29) is 18.2 Å². The Morgan fingerprint density at radius 1 is 1.29 bits per heavy atom. The van der Waals surface area contributed by atoms with Crippen LogP contribution in [0, 0.1) is 0 Å². The second-order valence-corrected chi connectivity index (χ2v) is 6.55. The largest absolute Gasteiger partial charge is 0.459 e. The van der Waals surface area contributed by atoms with Crippen LogP contribution in [0.25, 0.3) is 0 Å². The van der Waals surface area contributed by atoms with Crippen molar-refractivity contribution in [3.8, 4) is 0 Å². The Morgan fingerprint density at radius 3 is 2.88 bits per heavy atom. The van der Waals surface area contributed by atoms with Crippen LogP contribution in [0.1, 0.15) is 35.5 Å². The fourth-order valence-electron chi connectivity index (χ4n) is 2.60. The van der Waals surface area contributed by atoms with Gasteiger partial charge in [0.05, 0.1) is 18.5 Å². The van der Waals surface area contributed by atoms with Gasteiger partial charge < -0.3 is 15.1 Å². The summed E-state index contributed by atoms with van der Waals surface area (Å²) >= 11 is 1.40. The Hall–Kier alpha value is -2.19. The van der Waals surface area contributed by atoms with Gasteiger partial charge in [-0.1, -0.05) is 6.42 Å². The van der Waals surface area contributed by atoms with Gasteiger partial charge in [0.15, 0.2) is 10.9 Å². The average Bonchev–Trinajstić information content (AvgIpc) is 3.26. The molecule has 1 aliphatic heterocycles. The number of carbonyl (C=O) groups is 2. The van der Waals surface area contributed by atoms with Gasteiger partial charge in [-0.25, -0.2) is 4.98 Å². The van der Waals surface area contributed by atoms with E-state index >= 15 is 0 Å². The van der Waals surface area contributed by atoms with Crippen LogP contribution in [0.5, 0.6) is 0 Å². The van der Waals surface area contributed by atoms with Crippen molar-refractivity contribution < 1.29 is 14.0 Å². The third kappa shape index (κ3) is 4.65. The van der Waals surface area contributed by atoms with Crippen molar-refractivity contribution in [2.45, 2.75) is 25.8 Å². The molecule has 128 valence electrons. The summed E-state index contributed by atoms with van der Waals surface area (Å²) in [6, 6.07) is 3.16. The fourth-order valence-corrected chi connectivity index (χ4v) is 3.32. The quantitative estimate of drug-likeness (QED) is 0.835. The number of anilines is 1. The van der Waals surface area contributed by atoms with E-state index in [1.807, 2.05) is 5.38 Å². The smallest absolute Gasteiger partial charge is 0.287 e. The van der Waals surface area contributed by atoms with Crippen molar-refractivity contribution in [3.63, 3.8) is 0 Å². The lowest BCUT2D eigenvalue weighted by atomic mass is 10.1. The van der Waals surface area contributed by atoms with E-state index in [4.69, 9.17) is 4.42 Å². The third-order valence-corrected chi connectivity index (χ3v) is 4.59. The van der Waals surface area contributed by atoms with Crippen molar-refractivity contribution in [1.82, 2.24) is 15.2 Å². The molecule has 0 unspecified atom stereocenters. The van der Waals surface area contributed by atoms with Gasteiger partial charge in [-0.3, -0.25) is 14.5 Å². The number of nitrogens with one attached hydrogen (secondary N) is 2. The summed E-state index contributed by atoms with van der Waals surface area (Å²) in [7, 11) is 0. The number of thiazole rings is 1. The van der Waals surface area contributed by atoms with Crippen LogP contribution in [0.4, 0.5) is 5.13 Å². The fraction of sp³-hybridized carbons (Fsp3) is 0.438. The van der Waals surface area contributed by atoms with Gasteiger partial charge in [-0.2, -0.15) is 0 Å². The molecule has 7 nitrogen and oxygen atoms in total. The number of aromatic nitrogens is 1. The number of hydrogen-bond donors (Lipinski definition) is 2. The maximum Gasteiger partial charge on any atom is 0.287 e. The SMILES string of the molecule is O=C(CNC(=O)c1ccco1)Nc1nc(CN2CCCCC2)cs1. The summed E-state index contributed by atoms with van der Waals surface area (Å²) in [6.45, 7) is 2.91. The van der Waals surface area contributed by atoms with Crippen LogP contribution >= 0.6 is 11.3 Å². The van der Waals surface area contributed by atoms with E-state index in [9.17, 15) is 9.59 Å². The zero-order valence-corrected chi connectivity index (χ0v) is 14.1. The van der Waals surface area contributed by atoms with Crippen molar-refractivity contribution in [1.29, 1.82) is 0 Å². The molecule has 2 N–H and O–H groups in total. The van der Waals surface area contributed by atoms with Gasteiger partial charge in [-0.05, 0) is 38.1 Å². The Kier molecular flexibility index (Phi) is 5.60. The predicted octanol–water partition coefficient (Wildman–Crippen LogP) is 2.09. The van der Waals surface area contributed by atoms with E-state index in [2.05, 4.69) is 20.5 Å². The minimum Gasteiger partial charge on any atom is -0.459 e. The molecule has 2 aromatic rings. The third-order valence-electron chi connectivity index (χ3n) is 3.79. The van der Waals surface area contributed by atoms with Gasteiger partial charge in [0, 0.05) is 11.9 Å². The van der Waals surface area contributed by atoms with Crippen molar-refractivity contribution in [3.05, 3.63) is 35.2 Å². The lowest BCUT2D eigenvalue weighted by Gasteiger charge is -2.25. The summed E-state index contributed by atoms with van der Waals surface area (Å²) in [5, 5.41) is 7.73. The highest BCUT2D eigenvalue weighted by molar-refractivity contribution is 7.13. The molecular formula is C16H20N4O3S. The van der Waals surface area contributed by atoms with Crippen LogP contribution in [-0.4, -0.2) is 41.3 Å². The number of rotatable bonds is 6. The molecule has 0 bridgehead atoms. The second kappa shape index (κ2) is 8.07. The highest BCUT2D eigenvalue weighted by Gasteiger charge is 2.14. The predicted molar refractivity (Wildman–Crippen MR) is 90.9 cm³/mol. The maximum atomic E-state index is 11.9. The van der Waals surface area contributed by atoms with E-state index in [0.29, 0.717) is 5.13 Å². The second-order valence-electron chi connectivity index (χ2n) is 5.69. The molecule has 8 heteroatoms. The highest BCUT2D eigenvalue weighted by atomic mass is 32.1. The van der Waals surface area contributed by atoms with Crippen molar-refractivity contribution >= 4 is 28.3 Å². The molecule has 0 aromatic carbocycles. The number of amides is 2. The van der Waals surface area contributed by atoms with Crippen LogP contribution in [0.2, 0.25) is 0 Å². The molecule has 2 aromatic heterocycles. The summed E-state index contributed by atoms with van der Waals surface area (Å²) in [5.74, 6) is -0.547. The first-order chi connectivity index (χ1) is 11.7. The lowest BCUT2D eigenvalue weighted by molar-refractivity contribution is -0.115. The zero-order chi connectivity index (χ0) is 16.8. The summed E-state index contributed by atoms with van der Waals surface area (Å²) in [6.07, 6.45) is 5.19. The molecule has 0 spiro atoms. The van der Waals surface area contributed by atoms with Gasteiger partial charge in [0.25, 0.3) is 5.91 Å². The van der Waals surface area contributed by atoms with E-state index < -0.39 is 5.91 Å². The van der Waals surface area contributed by atoms with Crippen molar-refractivity contribution in [2.24, 2.45) is 0 Å². The first kappa shape index (κ1) is 16.7. The summed E-state index contributed by atoms with van der Waals surface area (Å²) < 4.78 is 4.96. The molecule has 1 saturated heterocycles. The van der Waals surface area contributed by atoms with Crippen LogP contribution in [0.3, 0.4) is 0 Å². The Morgan fingerprint density at radius 2 is 2.12 bits per heavy atom. The topological polar surface area (TPSA) is 87.5 Å². The number of carbonyl (C=O) groups excluding carboxylic acids is 2. The van der Waals surface area contributed by atoms with Crippen LogP contribution in [-0.2, 0) is 11.3 Å². The van der Waals surface area contributed by atoms with Gasteiger partial charge in [-0.15, -0.1) is 11.3 Å². The van der Waals surface area contributed by atoms with Crippen molar-refractivity contribution in [2.75, 3.05) is 25.0 Å². The molecular weight excluding hydrogens is 328 g/mol.